The summed E-state index contributed by atoms with van der Waals surface area (Å²) in [7, 11) is 0. The highest BCUT2D eigenvalue weighted by molar-refractivity contribution is 4.72. The molecule has 0 amide bonds. The van der Waals surface area contributed by atoms with Gasteiger partial charge in [0, 0.05) is 0 Å². The molecule has 46 valence electrons. The van der Waals surface area contributed by atoms with Crippen molar-refractivity contribution in [1.82, 2.24) is 5.32 Å². The number of nitrogens with zero attached hydrogens (tertiary/aromatic N) is 1. The van der Waals surface area contributed by atoms with E-state index in [0.29, 0.717) is 12.5 Å². The van der Waals surface area contributed by atoms with Gasteiger partial charge in [0.2, 0.25) is 0 Å². The maximum absolute atomic E-state index is 9.68. The van der Waals surface area contributed by atoms with E-state index in [1.54, 1.807) is 0 Å². The predicted octanol–water partition coefficient (Wildman–Crippen LogP) is 0.362. The maximum atomic E-state index is 9.68. The average molecular weight is 114 g/mol. The highest BCUT2D eigenvalue weighted by atomic mass is 16.3. The van der Waals surface area contributed by atoms with E-state index in [1.807, 2.05) is 0 Å². The molecule has 1 saturated heterocycles. The zero-order chi connectivity index (χ0) is 5.82. The molecular formula is C5H10N2O. The van der Waals surface area contributed by atoms with E-state index >= 15 is 0 Å². The Balaban J connectivity index is 2.14. The summed E-state index contributed by atoms with van der Waals surface area (Å²) >= 11 is 0. The van der Waals surface area contributed by atoms with Crippen LogP contribution in [0.25, 0.3) is 0 Å². The molecule has 0 aliphatic carbocycles. The third-order valence-corrected chi connectivity index (χ3v) is 1.50. The summed E-state index contributed by atoms with van der Waals surface area (Å²) < 4.78 is 0. The van der Waals surface area contributed by atoms with Crippen molar-refractivity contribution in [1.29, 1.82) is 0 Å². The number of nitrogens with one attached hydrogen (secondary N) is 1. The Morgan fingerprint density at radius 1 is 1.75 bits per heavy atom. The molecule has 0 saturated carbocycles. The largest absolute Gasteiger partial charge is 0.316 e. The first kappa shape index (κ1) is 5.69. The van der Waals surface area contributed by atoms with Crippen LogP contribution in [0.2, 0.25) is 0 Å². The van der Waals surface area contributed by atoms with Crippen LogP contribution in [-0.2, 0) is 0 Å². The molecule has 0 aromatic heterocycles. The Labute approximate surface area is 48.4 Å². The zero-order valence-corrected chi connectivity index (χ0v) is 4.76. The Bertz CT molecular complexity index is 78.5. The average Bonchev–Trinajstić information content (AvgIpc) is 2.19. The highest BCUT2D eigenvalue weighted by Crippen LogP contribution is 2.06. The Morgan fingerprint density at radius 3 is 3.12 bits per heavy atom. The minimum Gasteiger partial charge on any atom is -0.316 e. The number of rotatable bonds is 2. The van der Waals surface area contributed by atoms with Gasteiger partial charge in [-0.25, -0.2) is 0 Å². The molecule has 1 atom stereocenters. The fraction of sp³-hybridized carbons (Fsp3) is 1.00. The van der Waals surface area contributed by atoms with Crippen molar-refractivity contribution in [3.63, 3.8) is 0 Å². The molecule has 1 fully saturated rings. The van der Waals surface area contributed by atoms with Crippen molar-refractivity contribution in [3.8, 4) is 0 Å². The van der Waals surface area contributed by atoms with Crippen LogP contribution in [-0.4, -0.2) is 19.6 Å². The molecule has 0 spiro atoms. The van der Waals surface area contributed by atoms with Crippen LogP contribution in [0.15, 0.2) is 5.18 Å². The van der Waals surface area contributed by atoms with Crippen molar-refractivity contribution < 1.29 is 0 Å². The Kier molecular flexibility index (Phi) is 1.97. The highest BCUT2D eigenvalue weighted by Gasteiger charge is 2.13. The molecule has 0 aromatic rings. The van der Waals surface area contributed by atoms with Crippen LogP contribution in [0.4, 0.5) is 0 Å². The van der Waals surface area contributed by atoms with E-state index in [0.717, 1.165) is 19.5 Å². The monoisotopic (exact) mass is 114 g/mol. The van der Waals surface area contributed by atoms with Crippen LogP contribution >= 0.6 is 0 Å². The molecule has 1 heterocycles. The molecule has 1 aliphatic heterocycles. The molecule has 8 heavy (non-hydrogen) atoms. The third-order valence-electron chi connectivity index (χ3n) is 1.50. The summed E-state index contributed by atoms with van der Waals surface area (Å²) in [5, 5.41) is 5.99. The van der Waals surface area contributed by atoms with Crippen LogP contribution < -0.4 is 5.32 Å². The molecule has 0 aromatic carbocycles. The van der Waals surface area contributed by atoms with Gasteiger partial charge in [-0.15, -0.1) is 0 Å². The lowest BCUT2D eigenvalue weighted by Gasteiger charge is -1.96. The van der Waals surface area contributed by atoms with Crippen molar-refractivity contribution >= 4 is 0 Å². The van der Waals surface area contributed by atoms with Crippen molar-refractivity contribution in [2.75, 3.05) is 19.6 Å². The summed E-state index contributed by atoms with van der Waals surface area (Å²) in [5.74, 6) is 0.521. The molecule has 1 aliphatic rings. The SMILES string of the molecule is O=NCC1CCNC1. The smallest absolute Gasteiger partial charge is 0.0851 e. The maximum Gasteiger partial charge on any atom is 0.0851 e. The fourth-order valence-electron chi connectivity index (χ4n) is 0.976. The molecular weight excluding hydrogens is 104 g/mol. The molecule has 0 radical (unpaired) electrons. The van der Waals surface area contributed by atoms with Gasteiger partial charge in [0.1, 0.15) is 0 Å². The molecule has 3 nitrogen and oxygen atoms in total. The zero-order valence-electron chi connectivity index (χ0n) is 4.76. The molecule has 1 N–H and O–H groups in total. The van der Waals surface area contributed by atoms with E-state index in [9.17, 15) is 4.91 Å². The van der Waals surface area contributed by atoms with Gasteiger partial charge >= 0.3 is 0 Å². The minimum atomic E-state index is 0.493. The van der Waals surface area contributed by atoms with Crippen LogP contribution in [0.3, 0.4) is 0 Å². The van der Waals surface area contributed by atoms with E-state index < -0.39 is 0 Å². The van der Waals surface area contributed by atoms with Crippen LogP contribution in [0.1, 0.15) is 6.42 Å². The van der Waals surface area contributed by atoms with Gasteiger partial charge in [-0.2, -0.15) is 4.91 Å². The van der Waals surface area contributed by atoms with Crippen molar-refractivity contribution in [2.45, 2.75) is 6.42 Å². The summed E-state index contributed by atoms with van der Waals surface area (Å²) in [6.07, 6.45) is 1.12. The molecule has 1 rings (SSSR count). The minimum absolute atomic E-state index is 0.493. The van der Waals surface area contributed by atoms with Crippen molar-refractivity contribution in [3.05, 3.63) is 4.91 Å². The lowest BCUT2D eigenvalue weighted by atomic mass is 10.1. The third kappa shape index (κ3) is 1.26. The van der Waals surface area contributed by atoms with Gasteiger partial charge in [-0.1, -0.05) is 5.18 Å². The summed E-state index contributed by atoms with van der Waals surface area (Å²) in [6, 6.07) is 0. The van der Waals surface area contributed by atoms with Crippen LogP contribution in [0.5, 0.6) is 0 Å². The fourth-order valence-corrected chi connectivity index (χ4v) is 0.976. The normalized spacial score (nSPS) is 28.2. The first-order chi connectivity index (χ1) is 3.93. The topological polar surface area (TPSA) is 41.5 Å². The van der Waals surface area contributed by atoms with E-state index in [2.05, 4.69) is 10.5 Å². The number of hydrogen-bond acceptors (Lipinski definition) is 3. The van der Waals surface area contributed by atoms with Gasteiger partial charge in [0.25, 0.3) is 0 Å². The Morgan fingerprint density at radius 2 is 2.62 bits per heavy atom. The van der Waals surface area contributed by atoms with Gasteiger partial charge in [0.15, 0.2) is 0 Å². The molecule has 3 heteroatoms. The first-order valence-corrected chi connectivity index (χ1v) is 2.93. The quantitative estimate of drug-likeness (QED) is 0.527. The first-order valence-electron chi connectivity index (χ1n) is 2.93. The van der Waals surface area contributed by atoms with E-state index in [4.69, 9.17) is 0 Å². The van der Waals surface area contributed by atoms with Crippen molar-refractivity contribution in [2.24, 2.45) is 11.1 Å². The van der Waals surface area contributed by atoms with Crippen LogP contribution in [0, 0.1) is 10.8 Å². The standard InChI is InChI=1S/C5H10N2O/c8-7-4-5-1-2-6-3-5/h5-6H,1-4H2. The summed E-state index contributed by atoms with van der Waals surface area (Å²) in [5.41, 5.74) is 0. The van der Waals surface area contributed by atoms with Gasteiger partial charge < -0.3 is 5.32 Å². The lowest BCUT2D eigenvalue weighted by molar-refractivity contribution is 0.595. The Hall–Kier alpha value is -0.440. The van der Waals surface area contributed by atoms with E-state index in [1.165, 1.54) is 0 Å². The van der Waals surface area contributed by atoms with E-state index in [-0.39, 0.29) is 0 Å². The van der Waals surface area contributed by atoms with Gasteiger partial charge in [-0.05, 0) is 25.4 Å². The summed E-state index contributed by atoms with van der Waals surface area (Å²) in [4.78, 5) is 9.68. The van der Waals surface area contributed by atoms with Gasteiger partial charge in [0.05, 0.1) is 6.54 Å². The predicted molar refractivity (Wildman–Crippen MR) is 31.6 cm³/mol. The lowest BCUT2D eigenvalue weighted by Crippen LogP contribution is -2.10. The second kappa shape index (κ2) is 2.77. The molecule has 0 bridgehead atoms. The number of hydrogen-bond donors (Lipinski definition) is 1. The second-order valence-electron chi connectivity index (χ2n) is 2.17. The molecule has 1 unspecified atom stereocenters. The second-order valence-corrected chi connectivity index (χ2v) is 2.17. The summed E-state index contributed by atoms with van der Waals surface area (Å²) in [6.45, 7) is 2.53. The number of nitroso groups, excluding NO2 is 1. The van der Waals surface area contributed by atoms with Gasteiger partial charge in [-0.3, -0.25) is 0 Å².